The highest BCUT2D eigenvalue weighted by atomic mass is 19.4. The highest BCUT2D eigenvalue weighted by Gasteiger charge is 2.39. The lowest BCUT2D eigenvalue weighted by molar-refractivity contribution is -0.143. The second-order valence-electron chi connectivity index (χ2n) is 9.89. The Labute approximate surface area is 222 Å². The average Bonchev–Trinajstić information content (AvgIpc) is 2.82. The van der Waals surface area contributed by atoms with Crippen molar-refractivity contribution in [2.24, 2.45) is 5.92 Å². The van der Waals surface area contributed by atoms with Crippen molar-refractivity contribution in [1.29, 1.82) is 0 Å². The number of likely N-dealkylation sites (tertiary alicyclic amines) is 1. The molecule has 0 aromatic heterocycles. The Balaban J connectivity index is 1.87. The van der Waals surface area contributed by atoms with Crippen LogP contribution in [0.5, 0.6) is 0 Å². The fourth-order valence-corrected chi connectivity index (χ4v) is 5.02. The van der Waals surface area contributed by atoms with Gasteiger partial charge in [-0.3, -0.25) is 9.59 Å². The number of piperidine rings is 1. The van der Waals surface area contributed by atoms with Gasteiger partial charge in [-0.1, -0.05) is 6.07 Å². The molecule has 2 unspecified atom stereocenters. The molecule has 0 spiro atoms. The second-order valence-corrected chi connectivity index (χ2v) is 9.89. The molecule has 5 nitrogen and oxygen atoms in total. The Morgan fingerprint density at radius 3 is 2.18 bits per heavy atom. The van der Waals surface area contributed by atoms with E-state index in [-0.39, 0.29) is 17.5 Å². The minimum absolute atomic E-state index is 0.0509. The van der Waals surface area contributed by atoms with Crippen LogP contribution < -0.4 is 5.32 Å². The first-order chi connectivity index (χ1) is 18.1. The first-order valence-corrected chi connectivity index (χ1v) is 12.3. The number of carbonyl (C=O) groups excluding carboxylic acids is 2. The molecular formula is C27H30F7N3O2. The van der Waals surface area contributed by atoms with E-state index in [1.165, 1.54) is 26.1 Å². The van der Waals surface area contributed by atoms with Gasteiger partial charge in [0.05, 0.1) is 11.1 Å². The van der Waals surface area contributed by atoms with Crippen LogP contribution in [0, 0.1) is 18.7 Å². The van der Waals surface area contributed by atoms with Crippen LogP contribution in [0.3, 0.4) is 0 Å². The molecule has 2 aromatic carbocycles. The van der Waals surface area contributed by atoms with E-state index in [0.717, 1.165) is 10.5 Å². The van der Waals surface area contributed by atoms with E-state index < -0.39 is 53.6 Å². The van der Waals surface area contributed by atoms with Crippen molar-refractivity contribution in [3.05, 3.63) is 70.0 Å². The van der Waals surface area contributed by atoms with E-state index >= 15 is 0 Å². The van der Waals surface area contributed by atoms with Gasteiger partial charge in [0, 0.05) is 52.0 Å². The van der Waals surface area contributed by atoms with Gasteiger partial charge in [-0.25, -0.2) is 4.39 Å². The number of carbonyl (C=O) groups is 2. The van der Waals surface area contributed by atoms with Gasteiger partial charge in [0.15, 0.2) is 0 Å². The zero-order valence-electron chi connectivity index (χ0n) is 21.7. The molecule has 1 heterocycles. The number of alkyl halides is 6. The van der Waals surface area contributed by atoms with E-state index in [1.807, 2.05) is 0 Å². The van der Waals surface area contributed by atoms with Crippen LogP contribution in [0.1, 0.15) is 47.1 Å². The summed E-state index contributed by atoms with van der Waals surface area (Å²) in [5.74, 6) is -2.10. The number of nitrogens with one attached hydrogen (secondary N) is 1. The Morgan fingerprint density at radius 2 is 1.64 bits per heavy atom. The number of nitrogens with zero attached hydrogens (tertiary/aromatic N) is 2. The summed E-state index contributed by atoms with van der Waals surface area (Å²) in [5.41, 5.74) is -1.83. The van der Waals surface area contributed by atoms with Gasteiger partial charge in [-0.05, 0) is 66.9 Å². The summed E-state index contributed by atoms with van der Waals surface area (Å²) in [5, 5.41) is 2.71. The molecule has 2 aromatic rings. The van der Waals surface area contributed by atoms with Gasteiger partial charge in [0.2, 0.25) is 11.8 Å². The van der Waals surface area contributed by atoms with Crippen LogP contribution in [0.2, 0.25) is 0 Å². The molecule has 1 fully saturated rings. The second kappa shape index (κ2) is 11.9. The topological polar surface area (TPSA) is 52.7 Å². The molecule has 1 saturated heterocycles. The molecule has 0 saturated carbocycles. The minimum Gasteiger partial charge on any atom is -0.355 e. The van der Waals surface area contributed by atoms with Crippen molar-refractivity contribution in [2.75, 3.05) is 33.2 Å². The zero-order chi connectivity index (χ0) is 29.1. The van der Waals surface area contributed by atoms with Gasteiger partial charge in [0.1, 0.15) is 5.82 Å². The highest BCUT2D eigenvalue weighted by Crippen LogP contribution is 2.38. The standard InChI is InChI=1S/C27H30F7N3O2/c1-16-10-21(28)4-5-22(16)24-15-37(9-7-35-17(2)38)8-6-23(24)25(39)36(3)14-18-11-19(26(29,30)31)13-20(12-18)27(32,33)34/h4-5,10-13,23-24H,6-9,14-15H2,1-3H3,(H,35,38). The Morgan fingerprint density at radius 1 is 1.03 bits per heavy atom. The third-order valence-corrected chi connectivity index (χ3v) is 6.89. The summed E-state index contributed by atoms with van der Waals surface area (Å²) in [4.78, 5) is 28.0. The maximum Gasteiger partial charge on any atom is 0.416 e. The van der Waals surface area contributed by atoms with Crippen molar-refractivity contribution in [3.63, 3.8) is 0 Å². The number of amides is 2. The smallest absolute Gasteiger partial charge is 0.355 e. The lowest BCUT2D eigenvalue weighted by Gasteiger charge is -2.40. The van der Waals surface area contributed by atoms with E-state index in [2.05, 4.69) is 10.2 Å². The van der Waals surface area contributed by atoms with Crippen molar-refractivity contribution in [2.45, 2.75) is 45.1 Å². The third-order valence-electron chi connectivity index (χ3n) is 6.89. The molecular weight excluding hydrogens is 531 g/mol. The van der Waals surface area contributed by atoms with Crippen LogP contribution in [-0.4, -0.2) is 54.8 Å². The largest absolute Gasteiger partial charge is 0.416 e. The molecule has 12 heteroatoms. The Kier molecular flexibility index (Phi) is 9.30. The highest BCUT2D eigenvalue weighted by molar-refractivity contribution is 5.80. The quantitative estimate of drug-likeness (QED) is 0.463. The fourth-order valence-electron chi connectivity index (χ4n) is 5.02. The average molecular weight is 562 g/mol. The predicted molar refractivity (Wildman–Crippen MR) is 130 cm³/mol. The van der Waals surface area contributed by atoms with Crippen molar-refractivity contribution >= 4 is 11.8 Å². The van der Waals surface area contributed by atoms with Gasteiger partial charge < -0.3 is 15.1 Å². The number of benzene rings is 2. The molecule has 0 aliphatic carbocycles. The Bertz CT molecular complexity index is 1160. The molecule has 3 rings (SSSR count). The van der Waals surface area contributed by atoms with Gasteiger partial charge >= 0.3 is 12.4 Å². The number of halogens is 7. The van der Waals surface area contributed by atoms with Crippen molar-refractivity contribution in [1.82, 2.24) is 15.1 Å². The van der Waals surface area contributed by atoms with Crippen LogP contribution in [0.25, 0.3) is 0 Å². The lowest BCUT2D eigenvalue weighted by Crippen LogP contribution is -2.47. The van der Waals surface area contributed by atoms with Crippen LogP contribution in [0.4, 0.5) is 30.7 Å². The number of hydrogen-bond donors (Lipinski definition) is 1. The van der Waals surface area contributed by atoms with Gasteiger partial charge in [0.25, 0.3) is 0 Å². The number of rotatable bonds is 7. The summed E-state index contributed by atoms with van der Waals surface area (Å²) in [6.45, 7) is 4.44. The maximum atomic E-state index is 13.8. The van der Waals surface area contributed by atoms with Gasteiger partial charge in [-0.15, -0.1) is 0 Å². The molecule has 0 bridgehead atoms. The first-order valence-electron chi connectivity index (χ1n) is 12.3. The molecule has 1 aliphatic rings. The van der Waals surface area contributed by atoms with E-state index in [4.69, 9.17) is 0 Å². The van der Waals surface area contributed by atoms with E-state index in [9.17, 15) is 40.3 Å². The van der Waals surface area contributed by atoms with Gasteiger partial charge in [-0.2, -0.15) is 26.3 Å². The minimum atomic E-state index is -4.99. The van der Waals surface area contributed by atoms with E-state index in [1.54, 1.807) is 13.0 Å². The predicted octanol–water partition coefficient (Wildman–Crippen LogP) is 5.37. The third kappa shape index (κ3) is 7.93. The maximum absolute atomic E-state index is 13.8. The summed E-state index contributed by atoms with van der Waals surface area (Å²) in [6, 6.07) is 5.50. The summed E-state index contributed by atoms with van der Waals surface area (Å²) < 4.78 is 93.6. The summed E-state index contributed by atoms with van der Waals surface area (Å²) in [7, 11) is 1.34. The molecule has 214 valence electrons. The monoisotopic (exact) mass is 561 g/mol. The SMILES string of the molecule is CC(=O)NCCN1CCC(C(=O)N(C)Cc2cc(C(F)(F)F)cc(C(F)(F)F)c2)C(c2ccc(F)cc2C)C1. The first kappa shape index (κ1) is 30.4. The lowest BCUT2D eigenvalue weighted by atomic mass is 9.78. The Hall–Kier alpha value is -3.15. The molecule has 39 heavy (non-hydrogen) atoms. The molecule has 2 atom stereocenters. The van der Waals surface area contributed by atoms with Crippen LogP contribution in [-0.2, 0) is 28.5 Å². The number of aryl methyl sites for hydroxylation is 1. The van der Waals surface area contributed by atoms with Crippen molar-refractivity contribution in [3.8, 4) is 0 Å². The van der Waals surface area contributed by atoms with Crippen molar-refractivity contribution < 1.29 is 40.3 Å². The zero-order valence-corrected chi connectivity index (χ0v) is 21.7. The molecule has 2 amide bonds. The van der Waals surface area contributed by atoms with Crippen LogP contribution >= 0.6 is 0 Å². The normalized spacial score (nSPS) is 18.6. The summed E-state index contributed by atoms with van der Waals surface area (Å²) in [6.07, 6.45) is -9.62. The number of hydrogen-bond acceptors (Lipinski definition) is 3. The molecule has 1 N–H and O–H groups in total. The van der Waals surface area contributed by atoms with E-state index in [0.29, 0.717) is 50.3 Å². The summed E-state index contributed by atoms with van der Waals surface area (Å²) >= 11 is 0. The molecule has 0 radical (unpaired) electrons. The molecule has 1 aliphatic heterocycles. The van der Waals surface area contributed by atoms with Crippen LogP contribution in [0.15, 0.2) is 36.4 Å². The fraction of sp³-hybridized carbons (Fsp3) is 0.481.